The van der Waals surface area contributed by atoms with Crippen molar-refractivity contribution in [3.8, 4) is 0 Å². The molecule has 28 heavy (non-hydrogen) atoms. The number of hydrogen-bond acceptors (Lipinski definition) is 4. The molecule has 0 amide bonds. The van der Waals surface area contributed by atoms with Gasteiger partial charge in [0.1, 0.15) is 0 Å². The molecule has 0 bridgehead atoms. The van der Waals surface area contributed by atoms with Gasteiger partial charge in [-0.05, 0) is 37.7 Å². The van der Waals surface area contributed by atoms with E-state index in [1.165, 1.54) is 5.57 Å². The molecule has 0 heterocycles. The second-order valence-corrected chi connectivity index (χ2v) is 6.75. The smallest absolute Gasteiger partial charge is 0.256 e. The van der Waals surface area contributed by atoms with Crippen LogP contribution in [0.3, 0.4) is 0 Å². The molecule has 0 aliphatic heterocycles. The van der Waals surface area contributed by atoms with E-state index in [0.29, 0.717) is 26.1 Å². The van der Waals surface area contributed by atoms with Gasteiger partial charge in [0.25, 0.3) is 6.29 Å². The Balaban J connectivity index is 5.68. The summed E-state index contributed by atoms with van der Waals surface area (Å²) in [7, 11) is 3.42. The predicted molar refractivity (Wildman–Crippen MR) is 118 cm³/mol. The Bertz CT molecular complexity index is 416. The largest absolute Gasteiger partial charge is 0.384 e. The zero-order chi connectivity index (χ0) is 20.9. The SMILES string of the molecule is CCCC=CC([C](OCCCC)OCCOC)=C(C=CCCOC)CCCC. The molecule has 0 N–H and O–H groups in total. The van der Waals surface area contributed by atoms with Crippen LogP contribution in [0.25, 0.3) is 0 Å². The zero-order valence-corrected chi connectivity index (χ0v) is 18.9. The highest BCUT2D eigenvalue weighted by atomic mass is 16.7. The topological polar surface area (TPSA) is 36.9 Å². The first kappa shape index (κ1) is 27.1. The van der Waals surface area contributed by atoms with E-state index in [9.17, 15) is 0 Å². The fraction of sp³-hybridized carbons (Fsp3) is 0.708. The third kappa shape index (κ3) is 14.1. The lowest BCUT2D eigenvalue weighted by atomic mass is 9.99. The van der Waals surface area contributed by atoms with Crippen LogP contribution in [-0.2, 0) is 18.9 Å². The number of allylic oxidation sites excluding steroid dienone is 3. The highest BCUT2D eigenvalue weighted by molar-refractivity contribution is 5.40. The maximum atomic E-state index is 6.08. The quantitative estimate of drug-likeness (QED) is 0.187. The number of rotatable bonds is 19. The first-order valence-electron chi connectivity index (χ1n) is 10.9. The van der Waals surface area contributed by atoms with Crippen LogP contribution < -0.4 is 0 Å². The summed E-state index contributed by atoms with van der Waals surface area (Å²) in [5.41, 5.74) is 2.32. The van der Waals surface area contributed by atoms with E-state index in [4.69, 9.17) is 18.9 Å². The Morgan fingerprint density at radius 2 is 1.36 bits per heavy atom. The van der Waals surface area contributed by atoms with Crippen LogP contribution in [0.5, 0.6) is 0 Å². The van der Waals surface area contributed by atoms with Crippen molar-refractivity contribution in [1.82, 2.24) is 0 Å². The number of ether oxygens (including phenoxy) is 4. The second-order valence-electron chi connectivity index (χ2n) is 6.75. The average Bonchev–Trinajstić information content (AvgIpc) is 2.70. The van der Waals surface area contributed by atoms with Crippen LogP contribution in [0, 0.1) is 6.29 Å². The molecule has 4 heteroatoms. The van der Waals surface area contributed by atoms with Gasteiger partial charge < -0.3 is 18.9 Å². The van der Waals surface area contributed by atoms with Gasteiger partial charge in [0.2, 0.25) is 0 Å². The van der Waals surface area contributed by atoms with E-state index in [2.05, 4.69) is 45.1 Å². The molecule has 0 fully saturated rings. The summed E-state index contributed by atoms with van der Waals surface area (Å²) in [6.45, 7) is 8.99. The molecule has 0 atom stereocenters. The van der Waals surface area contributed by atoms with Crippen molar-refractivity contribution in [1.29, 1.82) is 0 Å². The summed E-state index contributed by atoms with van der Waals surface area (Å²) in [4.78, 5) is 0. The summed E-state index contributed by atoms with van der Waals surface area (Å²) in [6, 6.07) is 0. The van der Waals surface area contributed by atoms with Gasteiger partial charge in [0.05, 0.1) is 19.8 Å². The zero-order valence-electron chi connectivity index (χ0n) is 18.9. The van der Waals surface area contributed by atoms with Gasteiger partial charge in [0, 0.05) is 26.4 Å². The van der Waals surface area contributed by atoms with E-state index < -0.39 is 0 Å². The van der Waals surface area contributed by atoms with Crippen LogP contribution in [0.2, 0.25) is 0 Å². The van der Waals surface area contributed by atoms with E-state index in [1.807, 2.05) is 0 Å². The normalized spacial score (nSPS) is 13.2. The fourth-order valence-electron chi connectivity index (χ4n) is 2.48. The first-order chi connectivity index (χ1) is 13.7. The Morgan fingerprint density at radius 1 is 0.679 bits per heavy atom. The second kappa shape index (κ2) is 20.8. The summed E-state index contributed by atoms with van der Waals surface area (Å²) < 4.78 is 22.4. The van der Waals surface area contributed by atoms with Gasteiger partial charge in [-0.2, -0.15) is 0 Å². The molecule has 0 saturated heterocycles. The minimum absolute atomic E-state index is 0.484. The molecule has 1 radical (unpaired) electrons. The maximum Gasteiger partial charge on any atom is 0.256 e. The van der Waals surface area contributed by atoms with Crippen molar-refractivity contribution in [2.75, 3.05) is 40.6 Å². The Hall–Kier alpha value is -0.940. The molecule has 0 aromatic heterocycles. The number of hydrogen-bond donors (Lipinski definition) is 0. The highest BCUT2D eigenvalue weighted by Gasteiger charge is 2.19. The van der Waals surface area contributed by atoms with Crippen LogP contribution >= 0.6 is 0 Å². The van der Waals surface area contributed by atoms with Crippen molar-refractivity contribution in [2.24, 2.45) is 0 Å². The van der Waals surface area contributed by atoms with Crippen molar-refractivity contribution in [2.45, 2.75) is 72.1 Å². The van der Waals surface area contributed by atoms with Gasteiger partial charge in [-0.3, -0.25) is 0 Å². The lowest BCUT2D eigenvalue weighted by molar-refractivity contribution is -0.0413. The Labute approximate surface area is 174 Å². The van der Waals surface area contributed by atoms with Crippen LogP contribution in [0.1, 0.15) is 72.1 Å². The Morgan fingerprint density at radius 3 is 2.00 bits per heavy atom. The number of methoxy groups -OCH3 is 2. The molecular weight excluding hydrogens is 352 g/mol. The molecule has 0 aliphatic rings. The lowest BCUT2D eigenvalue weighted by Crippen LogP contribution is -2.16. The molecule has 0 aromatic carbocycles. The monoisotopic (exact) mass is 395 g/mol. The minimum atomic E-state index is 0.484. The van der Waals surface area contributed by atoms with Gasteiger partial charge in [-0.15, -0.1) is 0 Å². The van der Waals surface area contributed by atoms with Gasteiger partial charge in [-0.1, -0.05) is 64.3 Å². The van der Waals surface area contributed by atoms with Gasteiger partial charge in [0.15, 0.2) is 0 Å². The van der Waals surface area contributed by atoms with E-state index >= 15 is 0 Å². The molecule has 0 spiro atoms. The molecule has 0 rings (SSSR count). The van der Waals surface area contributed by atoms with Crippen molar-refractivity contribution >= 4 is 0 Å². The van der Waals surface area contributed by atoms with Crippen LogP contribution in [0.15, 0.2) is 35.5 Å². The van der Waals surface area contributed by atoms with E-state index in [0.717, 1.165) is 63.5 Å². The Kier molecular flexibility index (Phi) is 20.1. The molecule has 0 aromatic rings. The average molecular weight is 396 g/mol. The summed E-state index contributed by atoms with van der Waals surface area (Å²) in [5, 5.41) is 0. The highest BCUT2D eigenvalue weighted by Crippen LogP contribution is 2.27. The summed E-state index contributed by atoms with van der Waals surface area (Å²) in [6.07, 6.45) is 17.8. The van der Waals surface area contributed by atoms with Crippen molar-refractivity contribution in [3.63, 3.8) is 0 Å². The molecular formula is C24H43O4. The molecule has 4 nitrogen and oxygen atoms in total. The summed E-state index contributed by atoms with van der Waals surface area (Å²) >= 11 is 0. The van der Waals surface area contributed by atoms with Crippen LogP contribution in [-0.4, -0.2) is 40.6 Å². The molecule has 0 saturated carbocycles. The number of unbranched alkanes of at least 4 members (excludes halogenated alkanes) is 3. The minimum Gasteiger partial charge on any atom is -0.384 e. The summed E-state index contributed by atoms with van der Waals surface area (Å²) in [5.74, 6) is 0. The van der Waals surface area contributed by atoms with E-state index in [-0.39, 0.29) is 0 Å². The van der Waals surface area contributed by atoms with Crippen LogP contribution in [0.4, 0.5) is 0 Å². The lowest BCUT2D eigenvalue weighted by Gasteiger charge is -2.20. The van der Waals surface area contributed by atoms with Gasteiger partial charge >= 0.3 is 0 Å². The standard InChI is InChI=1S/C24H43O4/c1-6-9-12-17-23(22(15-10-7-2)16-13-14-18-25-4)24(27-19-11-8-3)28-21-20-26-5/h12-13,16-17H,6-11,14-15,18-21H2,1-5H3. The van der Waals surface area contributed by atoms with Crippen molar-refractivity contribution in [3.05, 3.63) is 41.7 Å². The molecule has 0 unspecified atom stereocenters. The fourth-order valence-corrected chi connectivity index (χ4v) is 2.48. The first-order valence-corrected chi connectivity index (χ1v) is 10.9. The molecule has 0 aliphatic carbocycles. The van der Waals surface area contributed by atoms with E-state index in [1.54, 1.807) is 14.2 Å². The third-order valence-corrected chi connectivity index (χ3v) is 4.16. The van der Waals surface area contributed by atoms with Crippen molar-refractivity contribution < 1.29 is 18.9 Å². The maximum absolute atomic E-state index is 6.08. The third-order valence-electron chi connectivity index (χ3n) is 4.16. The molecule has 163 valence electrons. The predicted octanol–water partition coefficient (Wildman–Crippen LogP) is 6.39. The van der Waals surface area contributed by atoms with Gasteiger partial charge in [-0.25, -0.2) is 0 Å².